The molecule has 0 bridgehead atoms. The first kappa shape index (κ1) is 12.8. The summed E-state index contributed by atoms with van der Waals surface area (Å²) in [6, 6.07) is 2.97. The highest BCUT2D eigenvalue weighted by Crippen LogP contribution is 2.19. The van der Waals surface area contributed by atoms with Gasteiger partial charge in [0.05, 0.1) is 10.7 Å². The van der Waals surface area contributed by atoms with Crippen LogP contribution in [0.4, 0.5) is 8.78 Å². The Labute approximate surface area is 108 Å². The molecule has 1 heterocycles. The summed E-state index contributed by atoms with van der Waals surface area (Å²) in [5.74, 6) is -1.97. The van der Waals surface area contributed by atoms with Crippen molar-refractivity contribution in [2.75, 3.05) is 0 Å². The van der Waals surface area contributed by atoms with Crippen molar-refractivity contribution in [2.24, 2.45) is 0 Å². The second kappa shape index (κ2) is 4.55. The van der Waals surface area contributed by atoms with E-state index in [0.29, 0.717) is 4.57 Å². The van der Waals surface area contributed by atoms with Crippen molar-refractivity contribution < 1.29 is 8.78 Å². The monoisotopic (exact) mass is 292 g/mol. The zero-order valence-electron chi connectivity index (χ0n) is 8.51. The largest absolute Gasteiger partial charge is 0.334 e. The maximum Gasteiger partial charge on any atom is 0.334 e. The number of nitrogens with zero attached hydrogens (tertiary/aromatic N) is 1. The smallest absolute Gasteiger partial charge is 0.295 e. The molecule has 2 aromatic rings. The normalized spacial score (nSPS) is 10.7. The minimum atomic E-state index is -1.32. The van der Waals surface area contributed by atoms with Gasteiger partial charge in [-0.2, -0.15) is 4.39 Å². The van der Waals surface area contributed by atoms with Crippen LogP contribution in [0.1, 0.15) is 0 Å². The predicted molar refractivity (Wildman–Crippen MR) is 62.6 cm³/mol. The second-order valence-electron chi connectivity index (χ2n) is 3.29. The van der Waals surface area contributed by atoms with Gasteiger partial charge in [0, 0.05) is 0 Å². The van der Waals surface area contributed by atoms with E-state index in [2.05, 4.69) is 0 Å². The number of halogens is 4. The van der Waals surface area contributed by atoms with E-state index in [1.807, 2.05) is 4.98 Å². The molecule has 8 heteroatoms. The Hall–Kier alpha value is -1.66. The molecule has 4 nitrogen and oxygen atoms in total. The van der Waals surface area contributed by atoms with Gasteiger partial charge in [0.2, 0.25) is 5.82 Å². The van der Waals surface area contributed by atoms with E-state index >= 15 is 0 Å². The molecule has 0 aliphatic carbocycles. The van der Waals surface area contributed by atoms with Gasteiger partial charge in [-0.05, 0) is 18.2 Å². The molecular formula is C10H4Cl2F2N2O2. The molecule has 0 aliphatic rings. The van der Waals surface area contributed by atoms with E-state index in [1.54, 1.807) is 0 Å². The minimum Gasteiger partial charge on any atom is -0.295 e. The summed E-state index contributed by atoms with van der Waals surface area (Å²) in [6.45, 7) is 0. The Morgan fingerprint density at radius 2 is 1.83 bits per heavy atom. The molecule has 1 aromatic carbocycles. The summed E-state index contributed by atoms with van der Waals surface area (Å²) < 4.78 is 26.6. The van der Waals surface area contributed by atoms with E-state index in [9.17, 15) is 18.4 Å². The van der Waals surface area contributed by atoms with Crippen molar-refractivity contribution in [1.82, 2.24) is 9.55 Å². The van der Waals surface area contributed by atoms with Crippen molar-refractivity contribution in [2.45, 2.75) is 0 Å². The fourth-order valence-corrected chi connectivity index (χ4v) is 1.78. The van der Waals surface area contributed by atoms with E-state index in [0.717, 1.165) is 18.2 Å². The van der Waals surface area contributed by atoms with E-state index in [4.69, 9.17) is 23.2 Å². The lowest BCUT2D eigenvalue weighted by Gasteiger charge is -2.07. The quantitative estimate of drug-likeness (QED) is 0.819. The van der Waals surface area contributed by atoms with Crippen LogP contribution in [0, 0.1) is 11.6 Å². The van der Waals surface area contributed by atoms with Crippen LogP contribution in [0.2, 0.25) is 10.2 Å². The molecule has 0 saturated carbocycles. The van der Waals surface area contributed by atoms with Gasteiger partial charge in [-0.1, -0.05) is 23.2 Å². The standard InChI is InChI=1S/C10H4Cl2F2N2O2/c11-5-3-4(13)1-2-6(5)16-9(17)7(14)8(12)15-10(16)18/h1-3H,(H,15,18). The van der Waals surface area contributed by atoms with E-state index in [-0.39, 0.29) is 10.7 Å². The number of nitrogens with one attached hydrogen (secondary N) is 1. The van der Waals surface area contributed by atoms with Gasteiger partial charge in [-0.25, -0.2) is 13.8 Å². The number of H-pyrrole nitrogens is 1. The third-order valence-electron chi connectivity index (χ3n) is 2.15. The van der Waals surface area contributed by atoms with Crippen LogP contribution in [-0.2, 0) is 0 Å². The molecule has 18 heavy (non-hydrogen) atoms. The SMILES string of the molecule is O=c1[nH]c(Cl)c(F)c(=O)n1-c1ccc(F)cc1Cl. The lowest BCUT2D eigenvalue weighted by atomic mass is 10.3. The van der Waals surface area contributed by atoms with Crippen LogP contribution in [0.25, 0.3) is 5.69 Å². The molecule has 94 valence electrons. The number of hydrogen-bond acceptors (Lipinski definition) is 2. The Morgan fingerprint density at radius 3 is 2.44 bits per heavy atom. The average molecular weight is 293 g/mol. The van der Waals surface area contributed by atoms with Crippen LogP contribution in [0.3, 0.4) is 0 Å². The van der Waals surface area contributed by atoms with Crippen molar-refractivity contribution in [3.8, 4) is 5.69 Å². The lowest BCUT2D eigenvalue weighted by Crippen LogP contribution is -2.36. The van der Waals surface area contributed by atoms with E-state index < -0.39 is 28.0 Å². The fraction of sp³-hybridized carbons (Fsp3) is 0. The molecule has 1 N–H and O–H groups in total. The molecule has 0 amide bonds. The van der Waals surface area contributed by atoms with Gasteiger partial charge >= 0.3 is 5.69 Å². The molecule has 0 radical (unpaired) electrons. The van der Waals surface area contributed by atoms with Gasteiger partial charge in [-0.3, -0.25) is 9.78 Å². The Kier molecular flexibility index (Phi) is 3.23. The fourth-order valence-electron chi connectivity index (χ4n) is 1.37. The Balaban J connectivity index is 2.84. The van der Waals surface area contributed by atoms with Gasteiger partial charge in [0.1, 0.15) is 5.82 Å². The summed E-state index contributed by atoms with van der Waals surface area (Å²) >= 11 is 11.0. The number of hydrogen-bond donors (Lipinski definition) is 1. The van der Waals surface area contributed by atoms with Crippen LogP contribution in [0.15, 0.2) is 27.8 Å². The topological polar surface area (TPSA) is 54.9 Å². The van der Waals surface area contributed by atoms with Gasteiger partial charge < -0.3 is 0 Å². The minimum absolute atomic E-state index is 0.139. The summed E-state index contributed by atoms with van der Waals surface area (Å²) in [7, 11) is 0. The molecule has 0 saturated heterocycles. The molecule has 0 unspecified atom stereocenters. The lowest BCUT2D eigenvalue weighted by molar-refractivity contribution is 0.584. The second-order valence-corrected chi connectivity index (χ2v) is 4.08. The number of benzene rings is 1. The first-order valence-electron chi connectivity index (χ1n) is 4.57. The molecule has 0 spiro atoms. The third-order valence-corrected chi connectivity index (χ3v) is 2.72. The Morgan fingerprint density at radius 1 is 1.17 bits per heavy atom. The van der Waals surface area contributed by atoms with Gasteiger partial charge in [-0.15, -0.1) is 0 Å². The summed E-state index contributed by atoms with van der Waals surface area (Å²) in [5.41, 5.74) is -2.38. The highest BCUT2D eigenvalue weighted by atomic mass is 35.5. The van der Waals surface area contributed by atoms with Crippen LogP contribution >= 0.6 is 23.2 Å². The molecule has 0 aliphatic heterocycles. The zero-order valence-corrected chi connectivity index (χ0v) is 10.0. The van der Waals surface area contributed by atoms with Gasteiger partial charge in [0.15, 0.2) is 5.15 Å². The maximum absolute atomic E-state index is 13.3. The summed E-state index contributed by atoms with van der Waals surface area (Å²) in [5, 5.41) is -0.899. The van der Waals surface area contributed by atoms with E-state index in [1.165, 1.54) is 0 Å². The highest BCUT2D eigenvalue weighted by Gasteiger charge is 2.15. The first-order chi connectivity index (χ1) is 8.41. The van der Waals surface area contributed by atoms with Crippen LogP contribution in [0.5, 0.6) is 0 Å². The van der Waals surface area contributed by atoms with Crippen molar-refractivity contribution in [3.05, 3.63) is 60.8 Å². The third kappa shape index (κ3) is 2.04. The Bertz CT molecular complexity index is 740. The molecule has 2 rings (SSSR count). The molecule has 1 aromatic heterocycles. The summed E-state index contributed by atoms with van der Waals surface area (Å²) in [4.78, 5) is 25.1. The predicted octanol–water partition coefficient (Wildman–Crippen LogP) is 2.11. The van der Waals surface area contributed by atoms with Gasteiger partial charge in [0.25, 0.3) is 5.56 Å². The average Bonchev–Trinajstić information content (AvgIpc) is 2.29. The highest BCUT2D eigenvalue weighted by molar-refractivity contribution is 6.32. The maximum atomic E-state index is 13.3. The van der Waals surface area contributed by atoms with Crippen molar-refractivity contribution >= 4 is 23.2 Å². The summed E-state index contributed by atoms with van der Waals surface area (Å²) in [6.07, 6.45) is 0. The number of aromatic nitrogens is 2. The molecular weight excluding hydrogens is 289 g/mol. The van der Waals surface area contributed by atoms with Crippen LogP contribution < -0.4 is 11.2 Å². The number of aromatic amines is 1. The molecule has 0 atom stereocenters. The zero-order chi connectivity index (χ0) is 13.4. The number of rotatable bonds is 1. The van der Waals surface area contributed by atoms with Crippen LogP contribution in [-0.4, -0.2) is 9.55 Å². The first-order valence-corrected chi connectivity index (χ1v) is 5.33. The van der Waals surface area contributed by atoms with Crippen molar-refractivity contribution in [1.29, 1.82) is 0 Å². The molecule has 0 fully saturated rings. The van der Waals surface area contributed by atoms with Crippen molar-refractivity contribution in [3.63, 3.8) is 0 Å².